The lowest BCUT2D eigenvalue weighted by Gasteiger charge is -2.07. The van der Waals surface area contributed by atoms with Gasteiger partial charge in [-0.25, -0.2) is 18.1 Å². The summed E-state index contributed by atoms with van der Waals surface area (Å²) < 4.78 is 28.1. The van der Waals surface area contributed by atoms with Crippen molar-refractivity contribution in [1.82, 2.24) is 14.3 Å². The predicted molar refractivity (Wildman–Crippen MR) is 70.7 cm³/mol. The van der Waals surface area contributed by atoms with Gasteiger partial charge in [-0.1, -0.05) is 0 Å². The second-order valence-corrected chi connectivity index (χ2v) is 6.38. The minimum absolute atomic E-state index is 0.00428. The van der Waals surface area contributed by atoms with E-state index in [1.165, 1.54) is 10.9 Å². The number of thiophene rings is 1. The first-order chi connectivity index (χ1) is 8.42. The number of nitrogen functional groups attached to an aromatic ring is 1. The van der Waals surface area contributed by atoms with Crippen molar-refractivity contribution in [2.75, 3.05) is 5.73 Å². The summed E-state index contributed by atoms with van der Waals surface area (Å²) in [6.45, 7) is 2.20. The van der Waals surface area contributed by atoms with Crippen LogP contribution in [0, 0.1) is 6.92 Å². The van der Waals surface area contributed by atoms with Crippen LogP contribution in [0.5, 0.6) is 0 Å². The molecule has 0 radical (unpaired) electrons. The molecule has 0 unspecified atom stereocenters. The lowest BCUT2D eigenvalue weighted by atomic mass is 10.2. The Bertz CT molecular complexity index is 638. The fourth-order valence-corrected chi connectivity index (χ4v) is 3.67. The van der Waals surface area contributed by atoms with Crippen LogP contribution < -0.4 is 10.5 Å². The summed E-state index contributed by atoms with van der Waals surface area (Å²) in [5.41, 5.74) is 7.59. The third-order valence-corrected chi connectivity index (χ3v) is 5.02. The number of aryl methyl sites for hydroxylation is 2. The van der Waals surface area contributed by atoms with Crippen LogP contribution in [0.3, 0.4) is 0 Å². The quantitative estimate of drug-likeness (QED) is 0.872. The van der Waals surface area contributed by atoms with Gasteiger partial charge < -0.3 is 10.3 Å². The molecule has 2 heterocycles. The monoisotopic (exact) mass is 286 g/mol. The Morgan fingerprint density at radius 1 is 1.50 bits per heavy atom. The largest absolute Gasteiger partial charge is 0.381 e. The first-order valence-corrected chi connectivity index (χ1v) is 7.62. The van der Waals surface area contributed by atoms with Crippen molar-refractivity contribution in [2.24, 2.45) is 7.05 Å². The highest BCUT2D eigenvalue weighted by atomic mass is 32.2. The standard InChI is InChI=1S/C10H14N4O2S2/c1-7-4-17-5-8(7)3-13-18(15,16)10-9(11)12-6-14(10)2/h4-6,13H,3,11H2,1-2H3. The van der Waals surface area contributed by atoms with Gasteiger partial charge in [0.1, 0.15) is 0 Å². The van der Waals surface area contributed by atoms with Gasteiger partial charge in [0.15, 0.2) is 10.8 Å². The Morgan fingerprint density at radius 2 is 2.22 bits per heavy atom. The summed E-state index contributed by atoms with van der Waals surface area (Å²) in [7, 11) is -2.05. The smallest absolute Gasteiger partial charge is 0.260 e. The first-order valence-electron chi connectivity index (χ1n) is 5.20. The Balaban J connectivity index is 2.21. The molecule has 0 amide bonds. The van der Waals surface area contributed by atoms with E-state index in [4.69, 9.17) is 5.73 Å². The molecule has 0 fully saturated rings. The maximum absolute atomic E-state index is 12.1. The molecule has 2 aromatic rings. The number of nitrogens with one attached hydrogen (secondary N) is 1. The van der Waals surface area contributed by atoms with E-state index in [9.17, 15) is 8.42 Å². The highest BCUT2D eigenvalue weighted by Gasteiger charge is 2.22. The molecule has 2 rings (SSSR count). The van der Waals surface area contributed by atoms with Crippen molar-refractivity contribution >= 4 is 27.2 Å². The number of sulfonamides is 1. The van der Waals surface area contributed by atoms with Crippen LogP contribution in [-0.4, -0.2) is 18.0 Å². The Morgan fingerprint density at radius 3 is 2.72 bits per heavy atom. The molecule has 3 N–H and O–H groups in total. The highest BCUT2D eigenvalue weighted by molar-refractivity contribution is 7.89. The van der Waals surface area contributed by atoms with Gasteiger partial charge in [-0.05, 0) is 28.8 Å². The maximum Gasteiger partial charge on any atom is 0.260 e. The van der Waals surface area contributed by atoms with Crippen molar-refractivity contribution < 1.29 is 8.42 Å². The van der Waals surface area contributed by atoms with Crippen molar-refractivity contribution in [3.8, 4) is 0 Å². The first kappa shape index (κ1) is 13.1. The molecule has 8 heteroatoms. The molecule has 0 aliphatic rings. The minimum atomic E-state index is -3.64. The van der Waals surface area contributed by atoms with Crippen LogP contribution in [0.4, 0.5) is 5.82 Å². The summed E-state index contributed by atoms with van der Waals surface area (Å²) in [5, 5.41) is 3.89. The molecule has 0 atom stereocenters. The van der Waals surface area contributed by atoms with Crippen molar-refractivity contribution in [3.05, 3.63) is 28.2 Å². The second kappa shape index (κ2) is 4.71. The summed E-state index contributed by atoms with van der Waals surface area (Å²) in [6.07, 6.45) is 1.37. The average Bonchev–Trinajstić information content (AvgIpc) is 2.83. The van der Waals surface area contributed by atoms with Gasteiger partial charge in [0.2, 0.25) is 0 Å². The van der Waals surface area contributed by atoms with E-state index in [1.54, 1.807) is 18.4 Å². The fraction of sp³-hybridized carbons (Fsp3) is 0.300. The van der Waals surface area contributed by atoms with E-state index >= 15 is 0 Å². The summed E-state index contributed by atoms with van der Waals surface area (Å²) in [4.78, 5) is 3.77. The molecule has 0 bridgehead atoms. The molecule has 2 aromatic heterocycles. The number of hydrogen-bond donors (Lipinski definition) is 2. The summed E-state index contributed by atoms with van der Waals surface area (Å²) in [6, 6.07) is 0. The predicted octanol–water partition coefficient (Wildman–Crippen LogP) is 0.851. The molecule has 6 nitrogen and oxygen atoms in total. The Labute approximate surface area is 110 Å². The SMILES string of the molecule is Cc1cscc1CNS(=O)(=O)c1c(N)ncn1C. The number of rotatable bonds is 4. The Hall–Kier alpha value is -1.38. The number of nitrogens with zero attached hydrogens (tertiary/aromatic N) is 2. The van der Waals surface area contributed by atoms with Gasteiger partial charge in [-0.2, -0.15) is 11.3 Å². The molecule has 0 aliphatic heterocycles. The van der Waals surface area contributed by atoms with Crippen molar-refractivity contribution in [2.45, 2.75) is 18.5 Å². The number of anilines is 1. The van der Waals surface area contributed by atoms with Crippen LogP contribution in [-0.2, 0) is 23.6 Å². The molecular weight excluding hydrogens is 272 g/mol. The van der Waals surface area contributed by atoms with E-state index in [-0.39, 0.29) is 17.4 Å². The topological polar surface area (TPSA) is 90.0 Å². The lowest BCUT2D eigenvalue weighted by Crippen LogP contribution is -2.26. The van der Waals surface area contributed by atoms with E-state index in [0.717, 1.165) is 11.1 Å². The van der Waals surface area contributed by atoms with E-state index < -0.39 is 10.0 Å². The van der Waals surface area contributed by atoms with Gasteiger partial charge in [-0.3, -0.25) is 0 Å². The number of hydrogen-bond acceptors (Lipinski definition) is 5. The molecular formula is C10H14N4O2S2. The number of nitrogens with two attached hydrogens (primary N) is 1. The van der Waals surface area contributed by atoms with Crippen LogP contribution in [0.15, 0.2) is 22.1 Å². The minimum Gasteiger partial charge on any atom is -0.381 e. The molecule has 0 saturated carbocycles. The van der Waals surface area contributed by atoms with Gasteiger partial charge in [-0.15, -0.1) is 0 Å². The maximum atomic E-state index is 12.1. The number of aromatic nitrogens is 2. The lowest BCUT2D eigenvalue weighted by molar-refractivity contribution is 0.571. The fourth-order valence-electron chi connectivity index (χ4n) is 1.57. The van der Waals surface area contributed by atoms with Crippen LogP contribution in [0.25, 0.3) is 0 Å². The second-order valence-electron chi connectivity index (χ2n) is 3.95. The summed E-state index contributed by atoms with van der Waals surface area (Å²) in [5.74, 6) is 0.00652. The zero-order chi connectivity index (χ0) is 13.3. The van der Waals surface area contributed by atoms with Crippen LogP contribution >= 0.6 is 11.3 Å². The summed E-state index contributed by atoms with van der Waals surface area (Å²) >= 11 is 1.54. The molecule has 18 heavy (non-hydrogen) atoms. The molecule has 0 saturated heterocycles. The van der Waals surface area contributed by atoms with Crippen LogP contribution in [0.1, 0.15) is 11.1 Å². The zero-order valence-electron chi connectivity index (χ0n) is 10.0. The van der Waals surface area contributed by atoms with Gasteiger partial charge >= 0.3 is 0 Å². The number of imidazole rings is 1. The van der Waals surface area contributed by atoms with E-state index in [0.29, 0.717) is 0 Å². The molecule has 0 spiro atoms. The molecule has 0 aliphatic carbocycles. The van der Waals surface area contributed by atoms with Crippen molar-refractivity contribution in [1.29, 1.82) is 0 Å². The molecule has 0 aromatic carbocycles. The highest BCUT2D eigenvalue weighted by Crippen LogP contribution is 2.17. The average molecular weight is 286 g/mol. The zero-order valence-corrected chi connectivity index (χ0v) is 11.7. The third kappa shape index (κ3) is 2.40. The van der Waals surface area contributed by atoms with Crippen molar-refractivity contribution in [3.63, 3.8) is 0 Å². The molecule has 98 valence electrons. The Kier molecular flexibility index (Phi) is 3.42. The van der Waals surface area contributed by atoms with Gasteiger partial charge in [0.05, 0.1) is 6.33 Å². The van der Waals surface area contributed by atoms with E-state index in [1.807, 2.05) is 17.7 Å². The van der Waals surface area contributed by atoms with E-state index in [2.05, 4.69) is 9.71 Å². The normalized spacial score (nSPS) is 11.9. The van der Waals surface area contributed by atoms with Crippen LogP contribution in [0.2, 0.25) is 0 Å². The third-order valence-electron chi connectivity index (χ3n) is 2.58. The van der Waals surface area contributed by atoms with Gasteiger partial charge in [0.25, 0.3) is 10.0 Å². The van der Waals surface area contributed by atoms with Gasteiger partial charge in [0, 0.05) is 13.6 Å².